The first-order valence-electron chi connectivity index (χ1n) is 12.4. The molecule has 170 valence electrons. The molecule has 3 nitrogen and oxygen atoms in total. The van der Waals surface area contributed by atoms with E-state index in [4.69, 9.17) is 9.84 Å². The van der Waals surface area contributed by atoms with Crippen LogP contribution in [-0.2, 0) is 4.79 Å². The standard InChI is InChI=1S/C27H44O3/c1-2-3-4-5-6-7-8-9-10-11-12-13-14-15-16-17-24-30-26-21-18-25(19-22-26)20-23-27(28)29/h18-23H,2-17,24H2,1H3,(H,28,29)/b23-20-. The summed E-state index contributed by atoms with van der Waals surface area (Å²) in [6.07, 6.45) is 24.7. The van der Waals surface area contributed by atoms with Crippen molar-refractivity contribution >= 4 is 12.0 Å². The minimum absolute atomic E-state index is 0.753. The molecule has 1 aromatic carbocycles. The van der Waals surface area contributed by atoms with E-state index in [1.807, 2.05) is 24.3 Å². The molecule has 0 aliphatic carbocycles. The predicted octanol–water partition coefficient (Wildman–Crippen LogP) is 8.42. The molecule has 0 heterocycles. The van der Waals surface area contributed by atoms with Crippen molar-refractivity contribution in [1.29, 1.82) is 0 Å². The van der Waals surface area contributed by atoms with E-state index in [0.29, 0.717) is 0 Å². The van der Waals surface area contributed by atoms with Crippen LogP contribution in [-0.4, -0.2) is 17.7 Å². The van der Waals surface area contributed by atoms with E-state index in [2.05, 4.69) is 6.92 Å². The Morgan fingerprint density at radius 2 is 1.17 bits per heavy atom. The van der Waals surface area contributed by atoms with Crippen molar-refractivity contribution in [3.8, 4) is 5.75 Å². The van der Waals surface area contributed by atoms with Gasteiger partial charge in [0.2, 0.25) is 0 Å². The highest BCUT2D eigenvalue weighted by atomic mass is 16.5. The van der Waals surface area contributed by atoms with Crippen molar-refractivity contribution in [2.24, 2.45) is 0 Å². The number of unbranched alkanes of at least 4 members (excludes halogenated alkanes) is 15. The van der Waals surface area contributed by atoms with Gasteiger partial charge in [0.05, 0.1) is 6.61 Å². The van der Waals surface area contributed by atoms with Crippen molar-refractivity contribution in [3.05, 3.63) is 35.9 Å². The first-order chi connectivity index (χ1) is 14.7. The van der Waals surface area contributed by atoms with Crippen molar-refractivity contribution in [2.45, 2.75) is 110 Å². The third kappa shape index (κ3) is 16.1. The second-order valence-electron chi connectivity index (χ2n) is 8.39. The molecule has 30 heavy (non-hydrogen) atoms. The number of rotatable bonds is 20. The number of hydrogen-bond acceptors (Lipinski definition) is 2. The van der Waals surface area contributed by atoms with Crippen LogP contribution in [0.2, 0.25) is 0 Å². The fraction of sp³-hybridized carbons (Fsp3) is 0.667. The first kappa shape index (κ1) is 26.3. The van der Waals surface area contributed by atoms with Gasteiger partial charge in [0, 0.05) is 6.08 Å². The normalized spacial score (nSPS) is 11.2. The minimum Gasteiger partial charge on any atom is -0.494 e. The largest absolute Gasteiger partial charge is 0.494 e. The lowest BCUT2D eigenvalue weighted by Crippen LogP contribution is -1.97. The maximum Gasteiger partial charge on any atom is 0.328 e. The average Bonchev–Trinajstić information content (AvgIpc) is 2.75. The van der Waals surface area contributed by atoms with E-state index < -0.39 is 5.97 Å². The second kappa shape index (κ2) is 19.2. The molecule has 0 amide bonds. The van der Waals surface area contributed by atoms with E-state index in [1.54, 1.807) is 6.08 Å². The summed E-state index contributed by atoms with van der Waals surface area (Å²) in [5.74, 6) is -0.0812. The molecule has 0 aliphatic heterocycles. The number of benzene rings is 1. The summed E-state index contributed by atoms with van der Waals surface area (Å²) in [5.41, 5.74) is 0.868. The van der Waals surface area contributed by atoms with E-state index >= 15 is 0 Å². The van der Waals surface area contributed by atoms with Crippen LogP contribution in [0.15, 0.2) is 30.3 Å². The van der Waals surface area contributed by atoms with Crippen molar-refractivity contribution in [3.63, 3.8) is 0 Å². The van der Waals surface area contributed by atoms with E-state index in [1.165, 1.54) is 96.3 Å². The highest BCUT2D eigenvalue weighted by Gasteiger charge is 1.97. The van der Waals surface area contributed by atoms with Gasteiger partial charge in [-0.1, -0.05) is 115 Å². The van der Waals surface area contributed by atoms with Crippen LogP contribution < -0.4 is 4.74 Å². The number of hydrogen-bond donors (Lipinski definition) is 1. The quantitative estimate of drug-likeness (QED) is 0.171. The Morgan fingerprint density at radius 3 is 1.60 bits per heavy atom. The zero-order valence-electron chi connectivity index (χ0n) is 19.2. The SMILES string of the molecule is CCCCCCCCCCCCCCCCCCOc1ccc(/C=C\C(=O)O)cc1. The van der Waals surface area contributed by atoms with Crippen molar-refractivity contribution in [1.82, 2.24) is 0 Å². The van der Waals surface area contributed by atoms with Gasteiger partial charge in [-0.25, -0.2) is 4.79 Å². The molecule has 0 saturated carbocycles. The molecule has 3 heteroatoms. The average molecular weight is 417 g/mol. The zero-order valence-corrected chi connectivity index (χ0v) is 19.2. The number of carboxylic acids is 1. The van der Waals surface area contributed by atoms with Gasteiger partial charge < -0.3 is 9.84 Å². The maximum atomic E-state index is 10.5. The highest BCUT2D eigenvalue weighted by molar-refractivity contribution is 5.85. The second-order valence-corrected chi connectivity index (χ2v) is 8.39. The van der Waals surface area contributed by atoms with E-state index in [-0.39, 0.29) is 0 Å². The molecule has 0 spiro atoms. The summed E-state index contributed by atoms with van der Waals surface area (Å²) in [4.78, 5) is 10.5. The summed E-state index contributed by atoms with van der Waals surface area (Å²) < 4.78 is 5.77. The predicted molar refractivity (Wildman–Crippen MR) is 128 cm³/mol. The van der Waals surface area contributed by atoms with Crippen LogP contribution in [0, 0.1) is 0 Å². The lowest BCUT2D eigenvalue weighted by molar-refractivity contribution is -0.131. The van der Waals surface area contributed by atoms with Gasteiger partial charge in [0.25, 0.3) is 0 Å². The lowest BCUT2D eigenvalue weighted by Gasteiger charge is -2.06. The highest BCUT2D eigenvalue weighted by Crippen LogP contribution is 2.15. The molecule has 1 N–H and O–H groups in total. The van der Waals surface area contributed by atoms with Crippen LogP contribution in [0.4, 0.5) is 0 Å². The smallest absolute Gasteiger partial charge is 0.328 e. The van der Waals surface area contributed by atoms with Crippen molar-refractivity contribution in [2.75, 3.05) is 6.61 Å². The van der Waals surface area contributed by atoms with E-state index in [9.17, 15) is 4.79 Å². The molecule has 0 atom stereocenters. The third-order valence-electron chi connectivity index (χ3n) is 5.57. The van der Waals surface area contributed by atoms with Crippen LogP contribution in [0.3, 0.4) is 0 Å². The van der Waals surface area contributed by atoms with Crippen molar-refractivity contribution < 1.29 is 14.6 Å². The summed E-state index contributed by atoms with van der Waals surface area (Å²) in [7, 11) is 0. The van der Waals surface area contributed by atoms with Gasteiger partial charge in [0.1, 0.15) is 5.75 Å². The Kier molecular flexibility index (Phi) is 16.8. The summed E-state index contributed by atoms with van der Waals surface area (Å²) >= 11 is 0. The van der Waals surface area contributed by atoms with Crippen LogP contribution in [0.1, 0.15) is 115 Å². The van der Waals surface area contributed by atoms with Gasteiger partial charge in [-0.2, -0.15) is 0 Å². The molecule has 0 saturated heterocycles. The Balaban J connectivity index is 1.84. The molecular weight excluding hydrogens is 372 g/mol. The zero-order chi connectivity index (χ0) is 21.7. The fourth-order valence-electron chi connectivity index (χ4n) is 3.68. The third-order valence-corrected chi connectivity index (χ3v) is 5.57. The molecule has 0 fully saturated rings. The Bertz CT molecular complexity index is 548. The Morgan fingerprint density at radius 1 is 0.733 bits per heavy atom. The fourth-order valence-corrected chi connectivity index (χ4v) is 3.68. The monoisotopic (exact) mass is 416 g/mol. The molecule has 0 bridgehead atoms. The summed E-state index contributed by atoms with van der Waals surface area (Å²) in [6.45, 7) is 3.03. The van der Waals surface area contributed by atoms with Gasteiger partial charge in [0.15, 0.2) is 0 Å². The maximum absolute atomic E-state index is 10.5. The van der Waals surface area contributed by atoms with Crippen LogP contribution >= 0.6 is 0 Å². The molecule has 0 aliphatic rings. The molecule has 1 rings (SSSR count). The van der Waals surface area contributed by atoms with Gasteiger partial charge >= 0.3 is 5.97 Å². The molecule has 0 unspecified atom stereocenters. The lowest BCUT2D eigenvalue weighted by atomic mass is 10.0. The molecule has 0 aromatic heterocycles. The van der Waals surface area contributed by atoms with Crippen LogP contribution in [0.5, 0.6) is 5.75 Å². The summed E-state index contributed by atoms with van der Waals surface area (Å²) in [5, 5.41) is 8.63. The Hall–Kier alpha value is -1.77. The number of carbonyl (C=O) groups is 1. The Labute approximate surface area is 184 Å². The number of carboxylic acid groups (broad SMARTS) is 1. The molecule has 0 radical (unpaired) electrons. The molecular formula is C27H44O3. The van der Waals surface area contributed by atoms with E-state index in [0.717, 1.165) is 30.4 Å². The van der Waals surface area contributed by atoms with Gasteiger partial charge in [-0.15, -0.1) is 0 Å². The topological polar surface area (TPSA) is 46.5 Å². The number of ether oxygens (including phenoxy) is 1. The first-order valence-corrected chi connectivity index (χ1v) is 12.4. The van der Waals surface area contributed by atoms with Crippen LogP contribution in [0.25, 0.3) is 6.08 Å². The minimum atomic E-state index is -0.932. The molecule has 1 aromatic rings. The summed E-state index contributed by atoms with van der Waals surface area (Å²) in [6, 6.07) is 7.55. The van der Waals surface area contributed by atoms with Gasteiger partial charge in [-0.05, 0) is 30.2 Å². The number of aliphatic carboxylic acids is 1. The van der Waals surface area contributed by atoms with Gasteiger partial charge in [-0.3, -0.25) is 0 Å².